The molecule has 0 aliphatic rings. The number of carbonyl (C=O) groups is 3. The second kappa shape index (κ2) is 15.7. The summed E-state index contributed by atoms with van der Waals surface area (Å²) in [5.41, 5.74) is -0.00332. The molecule has 172 valence electrons. The Morgan fingerprint density at radius 3 is 1.84 bits per heavy atom. The van der Waals surface area contributed by atoms with E-state index in [-0.39, 0.29) is 31.9 Å². The van der Waals surface area contributed by atoms with Gasteiger partial charge in [-0.3, -0.25) is 19.7 Å². The lowest BCUT2D eigenvalue weighted by Crippen LogP contribution is -2.17. The van der Waals surface area contributed by atoms with E-state index < -0.39 is 29.1 Å². The van der Waals surface area contributed by atoms with E-state index >= 15 is 0 Å². The third kappa shape index (κ3) is 12.9. The number of nitro groups is 1. The number of carboxylic acids is 1. The molecule has 0 spiro atoms. The van der Waals surface area contributed by atoms with Gasteiger partial charge in [0.15, 0.2) is 0 Å². The van der Waals surface area contributed by atoms with Gasteiger partial charge in [-0.25, -0.2) is 4.79 Å². The number of esters is 1. The number of hydrogen-bond donors (Lipinski definition) is 1. The second-order valence-electron chi connectivity index (χ2n) is 5.89. The van der Waals surface area contributed by atoms with Crippen LogP contribution in [0.4, 0.5) is 5.69 Å². The van der Waals surface area contributed by atoms with Gasteiger partial charge in [0.05, 0.1) is 51.0 Å². The van der Waals surface area contributed by atoms with E-state index in [1.807, 2.05) is 0 Å². The molecule has 0 radical (unpaired) electrons. The summed E-state index contributed by atoms with van der Waals surface area (Å²) in [6.07, 6.45) is -0.679. The number of carboxylic acid groups (broad SMARTS) is 1. The van der Waals surface area contributed by atoms with Gasteiger partial charge in [-0.15, -0.1) is 0 Å². The largest absolute Gasteiger partial charge is 0.491 e. The zero-order valence-corrected chi connectivity index (χ0v) is 16.9. The molecule has 12 heteroatoms. The first-order valence-electron chi connectivity index (χ1n) is 9.42. The first kappa shape index (κ1) is 25.9. The van der Waals surface area contributed by atoms with Gasteiger partial charge in [0.2, 0.25) is 5.78 Å². The summed E-state index contributed by atoms with van der Waals surface area (Å²) in [7, 11) is 0. The van der Waals surface area contributed by atoms with Crippen molar-refractivity contribution in [1.82, 2.24) is 0 Å². The third-order valence-corrected chi connectivity index (χ3v) is 3.57. The molecule has 0 aliphatic carbocycles. The average molecular weight is 443 g/mol. The number of Topliss-reactive ketones (excluding diaryl/α,β-unsaturated/α-hetero) is 1. The van der Waals surface area contributed by atoms with Crippen LogP contribution in [0, 0.1) is 10.1 Å². The summed E-state index contributed by atoms with van der Waals surface area (Å²) in [4.78, 5) is 42.5. The van der Waals surface area contributed by atoms with Crippen LogP contribution in [-0.2, 0) is 33.3 Å². The fourth-order valence-corrected chi connectivity index (χ4v) is 2.03. The van der Waals surface area contributed by atoms with Crippen molar-refractivity contribution in [3.63, 3.8) is 0 Å². The molecule has 0 fully saturated rings. The van der Waals surface area contributed by atoms with Crippen molar-refractivity contribution < 1.29 is 48.1 Å². The highest BCUT2D eigenvalue weighted by Crippen LogP contribution is 2.16. The number of hydrogen-bond acceptors (Lipinski definition) is 10. The maximum absolute atomic E-state index is 11.3. The van der Waals surface area contributed by atoms with E-state index in [2.05, 4.69) is 0 Å². The molecule has 1 rings (SSSR count). The van der Waals surface area contributed by atoms with Gasteiger partial charge in [-0.1, -0.05) is 0 Å². The number of ketones is 1. The predicted molar refractivity (Wildman–Crippen MR) is 104 cm³/mol. The molecule has 1 aromatic carbocycles. The van der Waals surface area contributed by atoms with Gasteiger partial charge < -0.3 is 28.8 Å². The molecule has 0 bridgehead atoms. The Morgan fingerprint density at radius 1 is 0.806 bits per heavy atom. The maximum Gasteiger partial charge on any atom is 0.372 e. The smallest absolute Gasteiger partial charge is 0.372 e. The fraction of sp³-hybridized carbons (Fsp3) is 0.526. The van der Waals surface area contributed by atoms with Crippen molar-refractivity contribution in [3.8, 4) is 5.75 Å². The molecule has 1 N–H and O–H groups in total. The zero-order valence-electron chi connectivity index (χ0n) is 16.9. The molecule has 0 amide bonds. The molecule has 0 atom stereocenters. The van der Waals surface area contributed by atoms with Crippen LogP contribution in [0.25, 0.3) is 0 Å². The quantitative estimate of drug-likeness (QED) is 0.113. The molecule has 0 unspecified atom stereocenters. The second-order valence-corrected chi connectivity index (χ2v) is 5.89. The maximum atomic E-state index is 11.3. The van der Waals surface area contributed by atoms with Crippen molar-refractivity contribution in [1.29, 1.82) is 0 Å². The van der Waals surface area contributed by atoms with Gasteiger partial charge in [0.1, 0.15) is 19.0 Å². The minimum absolute atomic E-state index is 0.00202. The number of nitrogens with zero attached hydrogens (tertiary/aromatic N) is 1. The van der Waals surface area contributed by atoms with Crippen molar-refractivity contribution in [2.24, 2.45) is 0 Å². The van der Waals surface area contributed by atoms with Crippen LogP contribution in [0.15, 0.2) is 24.3 Å². The molecule has 31 heavy (non-hydrogen) atoms. The highest BCUT2D eigenvalue weighted by Gasteiger charge is 2.14. The molecule has 0 aromatic heterocycles. The van der Waals surface area contributed by atoms with Gasteiger partial charge in [0.25, 0.3) is 5.69 Å². The first-order chi connectivity index (χ1) is 14.9. The van der Waals surface area contributed by atoms with Crippen LogP contribution >= 0.6 is 0 Å². The molecular weight excluding hydrogens is 418 g/mol. The number of non-ortho nitro benzene ring substituents is 1. The topological polar surface area (TPSA) is 161 Å². The highest BCUT2D eigenvalue weighted by atomic mass is 16.6. The van der Waals surface area contributed by atoms with Crippen molar-refractivity contribution in [2.45, 2.75) is 12.8 Å². The van der Waals surface area contributed by atoms with E-state index in [9.17, 15) is 24.5 Å². The Labute approximate surface area is 178 Å². The van der Waals surface area contributed by atoms with Crippen LogP contribution in [-0.4, -0.2) is 80.6 Å². The van der Waals surface area contributed by atoms with E-state index in [1.54, 1.807) is 0 Å². The normalized spacial score (nSPS) is 10.5. The lowest BCUT2D eigenvalue weighted by Gasteiger charge is -2.08. The molecule has 0 heterocycles. The number of rotatable bonds is 18. The molecule has 1 aromatic rings. The van der Waals surface area contributed by atoms with Gasteiger partial charge in [0, 0.05) is 18.6 Å². The summed E-state index contributed by atoms with van der Waals surface area (Å²) in [6, 6.07) is 5.76. The SMILES string of the molecule is O=C(CCC(=O)C(=O)O)OCCOCCOCCOCCOc1ccc([N+](=O)[O-])cc1. The van der Waals surface area contributed by atoms with E-state index in [1.165, 1.54) is 24.3 Å². The lowest BCUT2D eigenvalue weighted by molar-refractivity contribution is -0.384. The fourth-order valence-electron chi connectivity index (χ4n) is 2.03. The number of ether oxygens (including phenoxy) is 5. The molecular formula is C19H25NO11. The molecule has 0 saturated heterocycles. The number of benzene rings is 1. The van der Waals surface area contributed by atoms with E-state index in [0.717, 1.165) is 0 Å². The minimum atomic E-state index is -1.57. The van der Waals surface area contributed by atoms with Crippen LogP contribution in [0.5, 0.6) is 5.75 Å². The third-order valence-electron chi connectivity index (χ3n) is 3.57. The van der Waals surface area contributed by atoms with Crippen molar-refractivity contribution >= 4 is 23.4 Å². The number of carbonyl (C=O) groups excluding carboxylic acids is 2. The summed E-state index contributed by atoms with van der Waals surface area (Å²) in [5, 5.41) is 18.9. The molecule has 12 nitrogen and oxygen atoms in total. The standard InChI is InChI=1S/C19H25NO11/c21-17(19(23)24)5-6-18(22)31-14-12-29-10-8-27-7-9-28-11-13-30-16-3-1-15(2-4-16)20(25)26/h1-4H,5-14H2,(H,23,24). The van der Waals surface area contributed by atoms with Crippen molar-refractivity contribution in [2.75, 3.05) is 52.9 Å². The van der Waals surface area contributed by atoms with Crippen LogP contribution in [0.2, 0.25) is 0 Å². The Kier molecular flexibility index (Phi) is 13.1. The van der Waals surface area contributed by atoms with Crippen LogP contribution < -0.4 is 4.74 Å². The lowest BCUT2D eigenvalue weighted by atomic mass is 10.2. The monoisotopic (exact) mass is 443 g/mol. The van der Waals surface area contributed by atoms with E-state index in [4.69, 9.17) is 28.8 Å². The first-order valence-corrected chi connectivity index (χ1v) is 9.42. The van der Waals surface area contributed by atoms with Crippen LogP contribution in [0.3, 0.4) is 0 Å². The summed E-state index contributed by atoms with van der Waals surface area (Å²) in [5.74, 6) is -2.75. The molecule has 0 aliphatic heterocycles. The van der Waals surface area contributed by atoms with Crippen molar-refractivity contribution in [3.05, 3.63) is 34.4 Å². The summed E-state index contributed by atoms with van der Waals surface area (Å²) >= 11 is 0. The highest BCUT2D eigenvalue weighted by molar-refractivity contribution is 6.32. The minimum Gasteiger partial charge on any atom is -0.491 e. The Balaban J connectivity index is 1.86. The van der Waals surface area contributed by atoms with Gasteiger partial charge >= 0.3 is 11.9 Å². The Morgan fingerprint density at radius 2 is 1.32 bits per heavy atom. The summed E-state index contributed by atoms with van der Waals surface area (Å²) in [6.45, 7) is 2.10. The van der Waals surface area contributed by atoms with E-state index in [0.29, 0.717) is 38.8 Å². The molecule has 0 saturated carbocycles. The Bertz CT molecular complexity index is 705. The van der Waals surface area contributed by atoms with Crippen LogP contribution in [0.1, 0.15) is 12.8 Å². The Hall–Kier alpha value is -3.09. The van der Waals surface area contributed by atoms with Gasteiger partial charge in [-0.05, 0) is 12.1 Å². The predicted octanol–water partition coefficient (Wildman–Crippen LogP) is 1.00. The average Bonchev–Trinajstić information content (AvgIpc) is 2.75. The van der Waals surface area contributed by atoms with Gasteiger partial charge in [-0.2, -0.15) is 0 Å². The number of aliphatic carboxylic acids is 1. The summed E-state index contributed by atoms with van der Waals surface area (Å²) < 4.78 is 26.0. The number of nitro benzene ring substituents is 1. The zero-order chi connectivity index (χ0) is 22.9.